The van der Waals surface area contributed by atoms with Crippen LogP contribution in [-0.2, 0) is 9.53 Å². The first-order chi connectivity index (χ1) is 9.47. The number of halogens is 2. The molecule has 1 unspecified atom stereocenters. The predicted molar refractivity (Wildman–Crippen MR) is 75.9 cm³/mol. The average molecular weight is 347 g/mol. The summed E-state index contributed by atoms with van der Waals surface area (Å²) in [6, 6.07) is 3.45. The zero-order valence-corrected chi connectivity index (χ0v) is 12.8. The van der Waals surface area contributed by atoms with Gasteiger partial charge in [0.15, 0.2) is 0 Å². The lowest BCUT2D eigenvalue weighted by Gasteiger charge is -2.14. The van der Waals surface area contributed by atoms with Crippen LogP contribution in [-0.4, -0.2) is 38.1 Å². The van der Waals surface area contributed by atoms with Crippen LogP contribution in [0, 0.1) is 5.82 Å². The number of carbonyl (C=O) groups excluding carboxylic acids is 2. The van der Waals surface area contributed by atoms with Gasteiger partial charge in [0.1, 0.15) is 11.9 Å². The highest BCUT2D eigenvalue weighted by Crippen LogP contribution is 2.19. The number of methoxy groups -OCH3 is 1. The molecular formula is C13H16BrFN2O3. The minimum atomic E-state index is -0.772. The van der Waals surface area contributed by atoms with Gasteiger partial charge in [-0.1, -0.05) is 6.07 Å². The maximum atomic E-state index is 13.6. The van der Waals surface area contributed by atoms with E-state index in [9.17, 15) is 14.0 Å². The number of hydrogen-bond donors (Lipinski definition) is 2. The van der Waals surface area contributed by atoms with Crippen LogP contribution in [0.15, 0.2) is 22.7 Å². The summed E-state index contributed by atoms with van der Waals surface area (Å²) in [5, 5.41) is 5.03. The molecule has 0 saturated carbocycles. The molecular weight excluding hydrogens is 331 g/mol. The number of nitrogens with one attached hydrogen (secondary N) is 2. The van der Waals surface area contributed by atoms with Gasteiger partial charge in [0.25, 0.3) is 5.91 Å². The van der Waals surface area contributed by atoms with Crippen molar-refractivity contribution in [1.29, 1.82) is 0 Å². The molecule has 0 heterocycles. The standard InChI is InChI=1S/C13H16BrFN2O3/c1-8(12(18)16-6-7-20-2)17-13(19)11-9(14)4-3-5-10(11)15/h3-5,8H,6-7H2,1-2H3,(H,16,18)(H,17,19). The molecule has 0 spiro atoms. The Morgan fingerprint density at radius 2 is 2.15 bits per heavy atom. The smallest absolute Gasteiger partial charge is 0.256 e. The van der Waals surface area contributed by atoms with Crippen molar-refractivity contribution in [3.63, 3.8) is 0 Å². The van der Waals surface area contributed by atoms with Crippen LogP contribution < -0.4 is 10.6 Å². The van der Waals surface area contributed by atoms with E-state index in [0.717, 1.165) is 0 Å². The quantitative estimate of drug-likeness (QED) is 0.766. The molecule has 0 aliphatic rings. The fourth-order valence-electron chi connectivity index (χ4n) is 1.48. The molecule has 0 fully saturated rings. The van der Waals surface area contributed by atoms with Gasteiger partial charge in [0.05, 0.1) is 12.2 Å². The van der Waals surface area contributed by atoms with E-state index < -0.39 is 17.8 Å². The van der Waals surface area contributed by atoms with Gasteiger partial charge in [-0.15, -0.1) is 0 Å². The van der Waals surface area contributed by atoms with Crippen LogP contribution in [0.1, 0.15) is 17.3 Å². The van der Waals surface area contributed by atoms with Crippen LogP contribution in [0.5, 0.6) is 0 Å². The largest absolute Gasteiger partial charge is 0.383 e. The highest BCUT2D eigenvalue weighted by Gasteiger charge is 2.20. The molecule has 5 nitrogen and oxygen atoms in total. The van der Waals surface area contributed by atoms with Gasteiger partial charge >= 0.3 is 0 Å². The van der Waals surface area contributed by atoms with E-state index in [4.69, 9.17) is 4.74 Å². The maximum Gasteiger partial charge on any atom is 0.256 e. The molecule has 0 bridgehead atoms. The second-order valence-electron chi connectivity index (χ2n) is 4.08. The van der Waals surface area contributed by atoms with E-state index in [0.29, 0.717) is 17.6 Å². The zero-order valence-electron chi connectivity index (χ0n) is 11.2. The second-order valence-corrected chi connectivity index (χ2v) is 4.93. The Balaban J connectivity index is 2.64. The van der Waals surface area contributed by atoms with Gasteiger partial charge in [0, 0.05) is 18.1 Å². The summed E-state index contributed by atoms with van der Waals surface area (Å²) in [5.41, 5.74) is -0.121. The Kier molecular flexibility index (Phi) is 6.60. The molecule has 7 heteroatoms. The molecule has 0 radical (unpaired) electrons. The Hall–Kier alpha value is -1.47. The summed E-state index contributed by atoms with van der Waals surface area (Å²) >= 11 is 3.11. The lowest BCUT2D eigenvalue weighted by atomic mass is 10.2. The Morgan fingerprint density at radius 1 is 1.45 bits per heavy atom. The van der Waals surface area contributed by atoms with E-state index in [2.05, 4.69) is 26.6 Å². The van der Waals surface area contributed by atoms with E-state index >= 15 is 0 Å². The molecule has 2 N–H and O–H groups in total. The maximum absolute atomic E-state index is 13.6. The molecule has 0 aromatic heterocycles. The normalized spacial score (nSPS) is 11.8. The number of rotatable bonds is 6. The van der Waals surface area contributed by atoms with Crippen molar-refractivity contribution in [2.45, 2.75) is 13.0 Å². The third-order valence-electron chi connectivity index (χ3n) is 2.54. The van der Waals surface area contributed by atoms with Crippen LogP contribution in [0.25, 0.3) is 0 Å². The summed E-state index contributed by atoms with van der Waals surface area (Å²) in [6.07, 6.45) is 0. The number of amides is 2. The van der Waals surface area contributed by atoms with Crippen molar-refractivity contribution in [2.24, 2.45) is 0 Å². The summed E-state index contributed by atoms with van der Waals surface area (Å²) in [7, 11) is 1.52. The van der Waals surface area contributed by atoms with Crippen molar-refractivity contribution < 1.29 is 18.7 Å². The minimum Gasteiger partial charge on any atom is -0.383 e. The van der Waals surface area contributed by atoms with Gasteiger partial charge in [-0.3, -0.25) is 9.59 Å². The van der Waals surface area contributed by atoms with E-state index in [1.54, 1.807) is 6.07 Å². The van der Waals surface area contributed by atoms with Crippen molar-refractivity contribution in [2.75, 3.05) is 20.3 Å². The highest BCUT2D eigenvalue weighted by molar-refractivity contribution is 9.10. The van der Waals surface area contributed by atoms with Gasteiger partial charge in [-0.2, -0.15) is 0 Å². The summed E-state index contributed by atoms with van der Waals surface area (Å²) in [6.45, 7) is 2.25. The molecule has 0 aliphatic heterocycles. The van der Waals surface area contributed by atoms with Gasteiger partial charge in [-0.25, -0.2) is 4.39 Å². The first kappa shape index (κ1) is 16.6. The lowest BCUT2D eigenvalue weighted by molar-refractivity contribution is -0.122. The fourth-order valence-corrected chi connectivity index (χ4v) is 2.00. The predicted octanol–water partition coefficient (Wildman–Crippen LogP) is 1.47. The first-order valence-electron chi connectivity index (χ1n) is 5.99. The summed E-state index contributed by atoms with van der Waals surface area (Å²) in [4.78, 5) is 23.6. The Bertz CT molecular complexity index is 476. The molecule has 20 heavy (non-hydrogen) atoms. The van der Waals surface area contributed by atoms with Crippen molar-refractivity contribution in [1.82, 2.24) is 10.6 Å². The fraction of sp³-hybridized carbons (Fsp3) is 0.385. The Labute approximate surface area is 125 Å². The van der Waals surface area contributed by atoms with Crippen molar-refractivity contribution in [3.05, 3.63) is 34.1 Å². The van der Waals surface area contributed by atoms with E-state index in [-0.39, 0.29) is 11.5 Å². The Morgan fingerprint density at radius 3 is 2.75 bits per heavy atom. The van der Waals surface area contributed by atoms with Crippen LogP contribution >= 0.6 is 15.9 Å². The van der Waals surface area contributed by atoms with Crippen LogP contribution in [0.3, 0.4) is 0 Å². The molecule has 2 amide bonds. The molecule has 110 valence electrons. The van der Waals surface area contributed by atoms with E-state index in [1.165, 1.54) is 26.2 Å². The summed E-state index contributed by atoms with van der Waals surface area (Å²) < 4.78 is 18.7. The molecule has 0 saturated heterocycles. The summed E-state index contributed by atoms with van der Waals surface area (Å²) in [5.74, 6) is -1.66. The third-order valence-corrected chi connectivity index (χ3v) is 3.20. The van der Waals surface area contributed by atoms with E-state index in [1.807, 2.05) is 0 Å². The number of hydrogen-bond acceptors (Lipinski definition) is 3. The van der Waals surface area contributed by atoms with Gasteiger partial charge in [-0.05, 0) is 35.0 Å². The number of benzene rings is 1. The average Bonchev–Trinajstić information content (AvgIpc) is 2.38. The molecule has 1 atom stereocenters. The monoisotopic (exact) mass is 346 g/mol. The number of ether oxygens (including phenoxy) is 1. The van der Waals surface area contributed by atoms with Gasteiger partial charge < -0.3 is 15.4 Å². The second kappa shape index (κ2) is 7.96. The SMILES string of the molecule is COCCNC(=O)C(C)NC(=O)c1c(F)cccc1Br. The third kappa shape index (κ3) is 4.57. The lowest BCUT2D eigenvalue weighted by Crippen LogP contribution is -2.45. The van der Waals surface area contributed by atoms with Gasteiger partial charge in [0.2, 0.25) is 5.91 Å². The molecule has 0 aliphatic carbocycles. The molecule has 1 aromatic rings. The van der Waals surface area contributed by atoms with Crippen molar-refractivity contribution in [3.8, 4) is 0 Å². The molecule has 1 rings (SSSR count). The first-order valence-corrected chi connectivity index (χ1v) is 6.78. The zero-order chi connectivity index (χ0) is 15.1. The minimum absolute atomic E-state index is 0.121. The van der Waals surface area contributed by atoms with Crippen molar-refractivity contribution >= 4 is 27.7 Å². The highest BCUT2D eigenvalue weighted by atomic mass is 79.9. The number of carbonyl (C=O) groups is 2. The molecule has 1 aromatic carbocycles. The van der Waals surface area contributed by atoms with Crippen LogP contribution in [0.4, 0.5) is 4.39 Å². The van der Waals surface area contributed by atoms with Crippen LogP contribution in [0.2, 0.25) is 0 Å². The topological polar surface area (TPSA) is 67.4 Å².